The van der Waals surface area contributed by atoms with E-state index in [0.29, 0.717) is 6.61 Å². The predicted octanol–water partition coefficient (Wildman–Crippen LogP) is 1.00. The summed E-state index contributed by atoms with van der Waals surface area (Å²) in [6.45, 7) is 4.97. The lowest BCUT2D eigenvalue weighted by atomic mass is 10.1. The third-order valence-corrected chi connectivity index (χ3v) is 4.30. The summed E-state index contributed by atoms with van der Waals surface area (Å²) in [6.07, 6.45) is 5.15. The van der Waals surface area contributed by atoms with Crippen molar-refractivity contribution in [2.75, 3.05) is 26.3 Å². The molecule has 1 fully saturated rings. The van der Waals surface area contributed by atoms with Crippen LogP contribution in [0.4, 0.5) is 0 Å². The largest absolute Gasteiger partial charge is 0.381 e. The molecule has 108 valence electrons. The summed E-state index contributed by atoms with van der Waals surface area (Å²) >= 11 is 0. The van der Waals surface area contributed by atoms with Crippen LogP contribution in [0, 0.1) is 5.92 Å². The summed E-state index contributed by atoms with van der Waals surface area (Å²) in [6, 6.07) is 0. The standard InChI is InChI=1S/C15H21N3O2/c1-2-13-12-3-6-18(7-4-14(12)17-10-16-13)15(19)11-5-8-20-9-11/h10-11H,2-9H2,1H3/t11-/m1/s1. The van der Waals surface area contributed by atoms with Crippen LogP contribution in [0.25, 0.3) is 0 Å². The molecule has 1 aromatic rings. The SMILES string of the molecule is CCc1ncnc2c1CCN(C(=O)[C@@H]1CCOC1)CC2. The minimum absolute atomic E-state index is 0.0629. The second kappa shape index (κ2) is 5.87. The Kier molecular flexibility index (Phi) is 3.96. The van der Waals surface area contributed by atoms with Crippen molar-refractivity contribution in [1.82, 2.24) is 14.9 Å². The fourth-order valence-electron chi connectivity index (χ4n) is 3.11. The topological polar surface area (TPSA) is 55.3 Å². The van der Waals surface area contributed by atoms with E-state index in [1.807, 2.05) is 4.90 Å². The molecule has 0 unspecified atom stereocenters. The van der Waals surface area contributed by atoms with Crippen molar-refractivity contribution in [2.24, 2.45) is 5.92 Å². The average molecular weight is 275 g/mol. The van der Waals surface area contributed by atoms with E-state index in [2.05, 4.69) is 16.9 Å². The summed E-state index contributed by atoms with van der Waals surface area (Å²) < 4.78 is 5.33. The lowest BCUT2D eigenvalue weighted by Crippen LogP contribution is -2.38. The molecule has 5 nitrogen and oxygen atoms in total. The van der Waals surface area contributed by atoms with Gasteiger partial charge in [0.1, 0.15) is 6.33 Å². The predicted molar refractivity (Wildman–Crippen MR) is 74.3 cm³/mol. The minimum Gasteiger partial charge on any atom is -0.381 e. The number of aromatic nitrogens is 2. The van der Waals surface area contributed by atoms with Gasteiger partial charge in [0.05, 0.1) is 12.5 Å². The number of rotatable bonds is 2. The normalized spacial score (nSPS) is 22.4. The summed E-state index contributed by atoms with van der Waals surface area (Å²) in [5, 5.41) is 0. The first-order valence-electron chi connectivity index (χ1n) is 7.47. The van der Waals surface area contributed by atoms with Gasteiger partial charge < -0.3 is 9.64 Å². The first-order valence-corrected chi connectivity index (χ1v) is 7.47. The summed E-state index contributed by atoms with van der Waals surface area (Å²) in [5.41, 5.74) is 3.51. The van der Waals surface area contributed by atoms with E-state index < -0.39 is 0 Å². The quantitative estimate of drug-likeness (QED) is 0.808. The number of hydrogen-bond donors (Lipinski definition) is 0. The van der Waals surface area contributed by atoms with Crippen LogP contribution in [-0.4, -0.2) is 47.1 Å². The maximum Gasteiger partial charge on any atom is 0.228 e. The molecule has 0 aromatic carbocycles. The van der Waals surface area contributed by atoms with Crippen molar-refractivity contribution in [3.05, 3.63) is 23.3 Å². The highest BCUT2D eigenvalue weighted by atomic mass is 16.5. The smallest absolute Gasteiger partial charge is 0.228 e. The van der Waals surface area contributed by atoms with Gasteiger partial charge in [0.2, 0.25) is 5.91 Å². The molecule has 2 aliphatic rings. The Morgan fingerprint density at radius 1 is 1.40 bits per heavy atom. The van der Waals surface area contributed by atoms with Gasteiger partial charge in [-0.3, -0.25) is 4.79 Å². The molecule has 0 N–H and O–H groups in total. The maximum atomic E-state index is 12.5. The van der Waals surface area contributed by atoms with Crippen molar-refractivity contribution in [2.45, 2.75) is 32.6 Å². The molecule has 1 saturated heterocycles. The second-order valence-electron chi connectivity index (χ2n) is 5.48. The van der Waals surface area contributed by atoms with Crippen molar-refractivity contribution in [3.8, 4) is 0 Å². The molecule has 5 heteroatoms. The highest BCUT2D eigenvalue weighted by Crippen LogP contribution is 2.20. The molecule has 0 radical (unpaired) electrons. The van der Waals surface area contributed by atoms with Crippen molar-refractivity contribution < 1.29 is 9.53 Å². The molecular formula is C15H21N3O2. The molecule has 2 aliphatic heterocycles. The van der Waals surface area contributed by atoms with E-state index in [1.54, 1.807) is 6.33 Å². The fourth-order valence-corrected chi connectivity index (χ4v) is 3.11. The number of carbonyl (C=O) groups is 1. The van der Waals surface area contributed by atoms with Crippen LogP contribution in [0.1, 0.15) is 30.3 Å². The first kappa shape index (κ1) is 13.5. The molecular weight excluding hydrogens is 254 g/mol. The van der Waals surface area contributed by atoms with Gasteiger partial charge in [-0.05, 0) is 24.8 Å². The number of aryl methyl sites for hydroxylation is 1. The molecule has 3 heterocycles. The highest BCUT2D eigenvalue weighted by molar-refractivity contribution is 5.79. The van der Waals surface area contributed by atoms with E-state index in [0.717, 1.165) is 56.8 Å². The van der Waals surface area contributed by atoms with E-state index in [9.17, 15) is 4.79 Å². The Morgan fingerprint density at radius 3 is 3.00 bits per heavy atom. The summed E-state index contributed by atoms with van der Waals surface area (Å²) in [7, 11) is 0. The van der Waals surface area contributed by atoms with Gasteiger partial charge in [-0.15, -0.1) is 0 Å². The number of amides is 1. The lowest BCUT2D eigenvalue weighted by molar-refractivity contribution is -0.135. The summed E-state index contributed by atoms with van der Waals surface area (Å²) in [4.78, 5) is 23.2. The maximum absolute atomic E-state index is 12.5. The van der Waals surface area contributed by atoms with E-state index in [4.69, 9.17) is 4.74 Å². The number of carbonyl (C=O) groups excluding carboxylic acids is 1. The van der Waals surface area contributed by atoms with Crippen molar-refractivity contribution in [3.63, 3.8) is 0 Å². The minimum atomic E-state index is 0.0629. The number of fused-ring (bicyclic) bond motifs is 1. The van der Waals surface area contributed by atoms with E-state index in [-0.39, 0.29) is 11.8 Å². The van der Waals surface area contributed by atoms with Gasteiger partial charge in [0.15, 0.2) is 0 Å². The van der Waals surface area contributed by atoms with Crippen LogP contribution in [0.15, 0.2) is 6.33 Å². The van der Waals surface area contributed by atoms with Gasteiger partial charge in [-0.25, -0.2) is 9.97 Å². The van der Waals surface area contributed by atoms with Crippen LogP contribution in [-0.2, 0) is 28.8 Å². The van der Waals surface area contributed by atoms with Gasteiger partial charge in [-0.1, -0.05) is 6.92 Å². The number of nitrogens with zero attached hydrogens (tertiary/aromatic N) is 3. The van der Waals surface area contributed by atoms with Crippen molar-refractivity contribution >= 4 is 5.91 Å². The fraction of sp³-hybridized carbons (Fsp3) is 0.667. The molecule has 20 heavy (non-hydrogen) atoms. The zero-order chi connectivity index (χ0) is 13.9. The summed E-state index contributed by atoms with van der Waals surface area (Å²) in [5.74, 6) is 0.314. The average Bonchev–Trinajstić information content (AvgIpc) is 2.92. The Hall–Kier alpha value is -1.49. The Balaban J connectivity index is 1.73. The molecule has 0 spiro atoms. The zero-order valence-electron chi connectivity index (χ0n) is 12.0. The van der Waals surface area contributed by atoms with Gasteiger partial charge in [0, 0.05) is 37.5 Å². The van der Waals surface area contributed by atoms with Crippen molar-refractivity contribution in [1.29, 1.82) is 0 Å². The number of ether oxygens (including phenoxy) is 1. The van der Waals surface area contributed by atoms with Crippen LogP contribution < -0.4 is 0 Å². The Labute approximate surface area is 119 Å². The molecule has 0 aliphatic carbocycles. The van der Waals surface area contributed by atoms with E-state index in [1.165, 1.54) is 5.56 Å². The third kappa shape index (κ3) is 2.54. The molecule has 0 bridgehead atoms. The Bertz CT molecular complexity index is 498. The zero-order valence-corrected chi connectivity index (χ0v) is 12.0. The monoisotopic (exact) mass is 275 g/mol. The number of hydrogen-bond acceptors (Lipinski definition) is 4. The van der Waals surface area contributed by atoms with Gasteiger partial charge in [-0.2, -0.15) is 0 Å². The molecule has 0 saturated carbocycles. The van der Waals surface area contributed by atoms with Crippen LogP contribution in [0.5, 0.6) is 0 Å². The molecule has 3 rings (SSSR count). The van der Waals surface area contributed by atoms with Crippen LogP contribution in [0.3, 0.4) is 0 Å². The van der Waals surface area contributed by atoms with E-state index >= 15 is 0 Å². The lowest BCUT2D eigenvalue weighted by Gasteiger charge is -2.23. The first-order chi connectivity index (χ1) is 9.79. The third-order valence-electron chi connectivity index (χ3n) is 4.30. The van der Waals surface area contributed by atoms with Crippen LogP contribution in [0.2, 0.25) is 0 Å². The Morgan fingerprint density at radius 2 is 2.25 bits per heavy atom. The highest BCUT2D eigenvalue weighted by Gasteiger charge is 2.29. The van der Waals surface area contributed by atoms with Crippen LogP contribution >= 0.6 is 0 Å². The molecule has 1 aromatic heterocycles. The second-order valence-corrected chi connectivity index (χ2v) is 5.48. The van der Waals surface area contributed by atoms with Gasteiger partial charge >= 0.3 is 0 Å². The molecule has 1 atom stereocenters. The molecule has 1 amide bonds. The van der Waals surface area contributed by atoms with Gasteiger partial charge in [0.25, 0.3) is 0 Å².